The molecule has 5 heavy (non-hydrogen) atoms. The van der Waals surface area contributed by atoms with Crippen molar-refractivity contribution in [1.29, 1.82) is 0 Å². The van der Waals surface area contributed by atoms with Gasteiger partial charge in [0.25, 0.3) is 0 Å². The van der Waals surface area contributed by atoms with E-state index in [9.17, 15) is 0 Å². The van der Waals surface area contributed by atoms with E-state index in [1.54, 1.807) is 0 Å². The van der Waals surface area contributed by atoms with Gasteiger partial charge in [-0.15, -0.1) is 0 Å². The molecule has 1 unspecified atom stereocenters. The first kappa shape index (κ1) is 9.45. The van der Waals surface area contributed by atoms with Crippen molar-refractivity contribution < 1.29 is 24.0 Å². The molecule has 0 fully saturated rings. The van der Waals surface area contributed by atoms with Gasteiger partial charge in [0.1, 0.15) is 0 Å². The SMILES string of the molecule is CN(C)[PH3+].[I-]. The van der Waals surface area contributed by atoms with Crippen LogP contribution in [0.1, 0.15) is 0 Å². The van der Waals surface area contributed by atoms with Crippen molar-refractivity contribution in [3.63, 3.8) is 0 Å². The number of nitrogens with zero attached hydrogens (tertiary/aromatic N) is 1. The highest BCUT2D eigenvalue weighted by molar-refractivity contribution is 7.13. The second-order valence-corrected chi connectivity index (χ2v) is 2.34. The number of hydrogen-bond acceptors (Lipinski definition) is 1. The molecule has 1 nitrogen and oxygen atoms in total. The van der Waals surface area contributed by atoms with Crippen LogP contribution in [-0.2, 0) is 0 Å². The molecular formula is C2H9INP. The molecule has 0 bridgehead atoms. The number of hydrogen-bond donors (Lipinski definition) is 0. The summed E-state index contributed by atoms with van der Waals surface area (Å²) < 4.78 is 2.03. The fraction of sp³-hybridized carbons (Fsp3) is 1.00. The first-order valence-electron chi connectivity index (χ1n) is 1.21. The van der Waals surface area contributed by atoms with Crippen LogP contribution in [0.4, 0.5) is 0 Å². The first-order chi connectivity index (χ1) is 1.73. The maximum Gasteiger partial charge on any atom is 0.0424 e. The van der Waals surface area contributed by atoms with Crippen LogP contribution in [0, 0.1) is 0 Å². The van der Waals surface area contributed by atoms with Crippen LogP contribution in [0.5, 0.6) is 0 Å². The minimum absolute atomic E-state index is 0. The van der Waals surface area contributed by atoms with Crippen LogP contribution in [0.15, 0.2) is 0 Å². The van der Waals surface area contributed by atoms with Crippen LogP contribution < -0.4 is 24.0 Å². The monoisotopic (exact) mass is 205 g/mol. The topological polar surface area (TPSA) is 3.24 Å². The lowest BCUT2D eigenvalue weighted by atomic mass is 11.3. The van der Waals surface area contributed by atoms with Gasteiger partial charge in [0.05, 0.1) is 0 Å². The Morgan fingerprint density at radius 3 is 1.40 bits per heavy atom. The Bertz CT molecular complexity index is 14.4. The molecule has 0 aliphatic carbocycles. The fourth-order valence-electron chi connectivity index (χ4n) is 0. The first-order valence-corrected chi connectivity index (χ1v) is 1.84. The smallest absolute Gasteiger partial charge is 0.0424 e. The Kier molecular flexibility index (Phi) is 9.68. The van der Waals surface area contributed by atoms with Crippen molar-refractivity contribution >= 4 is 9.39 Å². The maximum absolute atomic E-state index is 2.03. The molecule has 3 heteroatoms. The van der Waals surface area contributed by atoms with Crippen molar-refractivity contribution in [3.8, 4) is 0 Å². The van der Waals surface area contributed by atoms with Crippen molar-refractivity contribution in [2.45, 2.75) is 0 Å². The van der Waals surface area contributed by atoms with Crippen molar-refractivity contribution in [1.82, 2.24) is 4.67 Å². The Hall–Kier alpha value is 1.12. The average Bonchev–Trinajstić information content (AvgIpc) is 0.811. The Balaban J connectivity index is 0. The predicted molar refractivity (Wildman–Crippen MR) is 24.8 cm³/mol. The standard InChI is InChI=1S/C2H8NP.HI/c1-3(2)4;/h4H2,1-2H3;1H. The summed E-state index contributed by atoms with van der Waals surface area (Å²) in [7, 11) is 5.86. The molecule has 0 rings (SSSR count). The summed E-state index contributed by atoms with van der Waals surface area (Å²) in [6.07, 6.45) is 0. The van der Waals surface area contributed by atoms with E-state index in [2.05, 4.69) is 0 Å². The third kappa shape index (κ3) is 39.7. The molecule has 0 amide bonds. The van der Waals surface area contributed by atoms with E-state index in [4.69, 9.17) is 0 Å². The van der Waals surface area contributed by atoms with Crippen LogP contribution in [-0.4, -0.2) is 18.8 Å². The van der Waals surface area contributed by atoms with Crippen LogP contribution in [0.3, 0.4) is 0 Å². The third-order valence-corrected chi connectivity index (χ3v) is 0. The molecule has 0 saturated heterocycles. The zero-order chi connectivity index (χ0) is 3.58. The van der Waals surface area contributed by atoms with Crippen molar-refractivity contribution in [3.05, 3.63) is 0 Å². The minimum atomic E-state index is 0. The zero-order valence-corrected chi connectivity index (χ0v) is 7.10. The van der Waals surface area contributed by atoms with Gasteiger partial charge in [0.15, 0.2) is 0 Å². The Morgan fingerprint density at radius 1 is 1.40 bits per heavy atom. The normalized spacial score (nSPS) is 7.80. The van der Waals surface area contributed by atoms with Gasteiger partial charge in [-0.2, -0.15) is 4.67 Å². The predicted octanol–water partition coefficient (Wildman–Crippen LogP) is -2.93. The van der Waals surface area contributed by atoms with Crippen molar-refractivity contribution in [2.75, 3.05) is 14.1 Å². The molecule has 0 spiro atoms. The van der Waals surface area contributed by atoms with Gasteiger partial charge < -0.3 is 24.0 Å². The van der Waals surface area contributed by atoms with Gasteiger partial charge >= 0.3 is 0 Å². The lowest BCUT2D eigenvalue weighted by molar-refractivity contribution is -0.000000888. The summed E-state index contributed by atoms with van der Waals surface area (Å²) in [5.74, 6) is 0. The summed E-state index contributed by atoms with van der Waals surface area (Å²) in [5.41, 5.74) is 0. The molecule has 1 atom stereocenters. The van der Waals surface area contributed by atoms with E-state index in [1.807, 2.05) is 28.2 Å². The van der Waals surface area contributed by atoms with E-state index in [0.717, 1.165) is 0 Å². The van der Waals surface area contributed by atoms with Crippen molar-refractivity contribution in [2.24, 2.45) is 0 Å². The molecule has 34 valence electrons. The minimum Gasteiger partial charge on any atom is -1.00 e. The van der Waals surface area contributed by atoms with Gasteiger partial charge in [0.2, 0.25) is 0 Å². The summed E-state index contributed by atoms with van der Waals surface area (Å²) >= 11 is 0. The van der Waals surface area contributed by atoms with Gasteiger partial charge in [-0.05, 0) is 0 Å². The van der Waals surface area contributed by atoms with E-state index < -0.39 is 0 Å². The summed E-state index contributed by atoms with van der Waals surface area (Å²) in [6, 6.07) is 0. The molecule has 0 aliphatic heterocycles. The largest absolute Gasteiger partial charge is 1.00 e. The average molecular weight is 205 g/mol. The highest BCUT2D eigenvalue weighted by atomic mass is 127. The van der Waals surface area contributed by atoms with E-state index >= 15 is 0 Å². The lowest BCUT2D eigenvalue weighted by Crippen LogP contribution is -3.00. The molecule has 0 saturated carbocycles. The van der Waals surface area contributed by atoms with Crippen LogP contribution in [0.25, 0.3) is 0 Å². The van der Waals surface area contributed by atoms with E-state index in [-0.39, 0.29) is 24.0 Å². The van der Waals surface area contributed by atoms with E-state index in [0.29, 0.717) is 0 Å². The lowest BCUT2D eigenvalue weighted by Gasteiger charge is -1.82. The summed E-state index contributed by atoms with van der Waals surface area (Å²) in [5, 5.41) is 0. The highest BCUT2D eigenvalue weighted by Gasteiger charge is 1.65. The number of halogens is 1. The maximum atomic E-state index is 2.03. The summed E-state index contributed by atoms with van der Waals surface area (Å²) in [6.45, 7) is 0. The molecular weight excluding hydrogens is 196 g/mol. The van der Waals surface area contributed by atoms with Gasteiger partial charge in [0, 0.05) is 23.5 Å². The molecule has 0 heterocycles. The second-order valence-electron chi connectivity index (χ2n) is 1.08. The van der Waals surface area contributed by atoms with E-state index in [1.165, 1.54) is 0 Å². The third-order valence-electron chi connectivity index (χ3n) is 0. The van der Waals surface area contributed by atoms with Crippen LogP contribution in [0.2, 0.25) is 0 Å². The Morgan fingerprint density at radius 2 is 1.40 bits per heavy atom. The molecule has 0 N–H and O–H groups in total. The fourth-order valence-corrected chi connectivity index (χ4v) is 0. The zero-order valence-electron chi connectivity index (χ0n) is 3.53. The molecule has 0 aromatic heterocycles. The number of rotatable bonds is 0. The molecule has 0 aliphatic rings. The highest BCUT2D eigenvalue weighted by Crippen LogP contribution is 1.78. The molecule has 0 aromatic rings. The summed E-state index contributed by atoms with van der Waals surface area (Å²) in [4.78, 5) is 0. The van der Waals surface area contributed by atoms with Gasteiger partial charge in [-0.3, -0.25) is 0 Å². The Labute approximate surface area is 52.4 Å². The van der Waals surface area contributed by atoms with Gasteiger partial charge in [-0.1, -0.05) is 0 Å². The molecule has 0 aromatic carbocycles. The second kappa shape index (κ2) is 5.12. The molecule has 0 radical (unpaired) electrons. The quantitative estimate of drug-likeness (QED) is 0.302. The van der Waals surface area contributed by atoms with Gasteiger partial charge in [-0.25, -0.2) is 0 Å². The van der Waals surface area contributed by atoms with Crippen LogP contribution >= 0.6 is 9.39 Å².